The summed E-state index contributed by atoms with van der Waals surface area (Å²) in [6, 6.07) is 0. The maximum absolute atomic E-state index is 9.28. The second-order valence-corrected chi connectivity index (χ2v) is 1.54. The first-order valence-electron chi connectivity index (χ1n) is 3.25. The van der Waals surface area contributed by atoms with Gasteiger partial charge in [0, 0.05) is 13.1 Å². The molecule has 0 fully saturated rings. The first kappa shape index (κ1) is 16.8. The van der Waals surface area contributed by atoms with Crippen molar-refractivity contribution in [3.8, 4) is 0 Å². The van der Waals surface area contributed by atoms with Crippen molar-refractivity contribution in [1.29, 1.82) is 0 Å². The molecule has 0 spiro atoms. The van der Waals surface area contributed by atoms with Crippen molar-refractivity contribution in [2.75, 3.05) is 13.1 Å². The second kappa shape index (κ2) is 22.7. The zero-order valence-electron chi connectivity index (χ0n) is 7.51. The van der Waals surface area contributed by atoms with Crippen LogP contribution >= 0.6 is 0 Å². The molecular formula is C8H12N2O2Rf-2. The molecule has 0 aromatic rings. The maximum Gasteiger partial charge on any atom is 0.00420 e. The molecule has 0 radical (unpaired) electrons. The van der Waals surface area contributed by atoms with Crippen molar-refractivity contribution in [1.82, 2.24) is 10.6 Å². The van der Waals surface area contributed by atoms with Gasteiger partial charge >= 0.3 is 0 Å². The predicted octanol–water partition coefficient (Wildman–Crippen LogP) is -0.342. The zero-order valence-corrected chi connectivity index (χ0v) is 13.9. The van der Waals surface area contributed by atoms with Crippen LogP contribution in [0.1, 0.15) is 0 Å². The van der Waals surface area contributed by atoms with Gasteiger partial charge in [-0.15, -0.1) is 13.2 Å². The van der Waals surface area contributed by atoms with Gasteiger partial charge in [-0.25, -0.2) is 0 Å². The Balaban J connectivity index is -0.000000143. The van der Waals surface area contributed by atoms with Gasteiger partial charge < -0.3 is 20.2 Å². The Morgan fingerprint density at radius 1 is 1.00 bits per heavy atom. The van der Waals surface area contributed by atoms with Crippen molar-refractivity contribution in [3.63, 3.8) is 0 Å². The summed E-state index contributed by atoms with van der Waals surface area (Å²) < 4.78 is 0. The standard InChI is InChI=1S/2C4H6NO.Rf/c2*1-2-3-5-4-6;/h2*2H,1,3H2,(H,5,6);/q2*-1;. The molecule has 0 saturated carbocycles. The third-order valence-corrected chi connectivity index (χ3v) is 0.637. The Morgan fingerprint density at radius 2 is 1.31 bits per heavy atom. The van der Waals surface area contributed by atoms with Crippen LogP contribution in [0.15, 0.2) is 25.3 Å². The Bertz CT molecular complexity index is 108. The molecule has 2 N–H and O–H groups in total. The van der Waals surface area contributed by atoms with Gasteiger partial charge in [-0.05, 0) is 0 Å². The van der Waals surface area contributed by atoms with Gasteiger partial charge in [-0.3, -0.25) is 0 Å². The smallest absolute Gasteiger partial charge is 0.00420 e. The van der Waals surface area contributed by atoms with Gasteiger partial charge in [0.25, 0.3) is 0 Å². The van der Waals surface area contributed by atoms with Crippen molar-refractivity contribution >= 4 is 12.8 Å². The number of hydrogen-bond donors (Lipinski definition) is 2. The molecule has 0 rings (SSSR count). The van der Waals surface area contributed by atoms with Crippen LogP contribution in [-0.2, 0) is 9.59 Å². The molecule has 0 bridgehead atoms. The van der Waals surface area contributed by atoms with E-state index in [9.17, 15) is 9.59 Å². The third-order valence-electron chi connectivity index (χ3n) is 0.637. The number of hydrogen-bond acceptors (Lipinski definition) is 2. The van der Waals surface area contributed by atoms with E-state index in [0.29, 0.717) is 13.1 Å². The van der Waals surface area contributed by atoms with Crippen molar-refractivity contribution in [2.45, 2.75) is 0 Å². The van der Waals surface area contributed by atoms with Gasteiger partial charge in [0.2, 0.25) is 0 Å². The van der Waals surface area contributed by atoms with Gasteiger partial charge in [0.15, 0.2) is 0 Å². The van der Waals surface area contributed by atoms with Crippen LogP contribution in [0.2, 0.25) is 0 Å². The van der Waals surface area contributed by atoms with Crippen LogP contribution in [0.5, 0.6) is 0 Å². The van der Waals surface area contributed by atoms with Gasteiger partial charge in [-0.1, -0.05) is 12.2 Å². The Morgan fingerprint density at radius 3 is 1.38 bits per heavy atom. The molecule has 4 nitrogen and oxygen atoms in total. The minimum Gasteiger partial charge on any atom is -0.527 e. The Labute approximate surface area is 72.3 Å². The van der Waals surface area contributed by atoms with E-state index in [-0.39, 0.29) is 0 Å². The summed E-state index contributed by atoms with van der Waals surface area (Å²) in [6.45, 7) is 7.72. The first-order chi connectivity index (χ1) is 5.83. The molecule has 0 aromatic heterocycles. The molecule has 5 heteroatoms. The molecular weight excluding hydrogens is 423 g/mol. The Hall–Kier alpha value is -2.58. The molecule has 0 unspecified atom stereocenters. The maximum atomic E-state index is 9.28. The summed E-state index contributed by atoms with van der Waals surface area (Å²) in [6.07, 6.45) is 6.17. The van der Waals surface area contributed by atoms with E-state index in [1.54, 1.807) is 12.2 Å². The van der Waals surface area contributed by atoms with Crippen molar-refractivity contribution in [2.24, 2.45) is 0 Å². The van der Waals surface area contributed by atoms with E-state index >= 15 is 0 Å². The van der Waals surface area contributed by atoms with Crippen molar-refractivity contribution in [3.05, 3.63) is 25.3 Å². The van der Waals surface area contributed by atoms with Gasteiger partial charge in [0.1, 0.15) is 0 Å². The summed E-state index contributed by atoms with van der Waals surface area (Å²) in [5.74, 6) is 0. The molecule has 0 aliphatic heterocycles. The molecule has 0 aliphatic carbocycles. The fourth-order valence-electron chi connectivity index (χ4n) is 0.228. The number of carbonyl (C=O) groups excluding carboxylic acids is 2. The third kappa shape index (κ3) is 44.3. The molecule has 0 saturated heterocycles. The van der Waals surface area contributed by atoms with Crippen LogP contribution < -0.4 is 10.6 Å². The van der Waals surface area contributed by atoms with E-state index in [1.165, 1.54) is 12.8 Å². The molecule has 70 valence electrons. The zero-order chi connectivity index (χ0) is 9.66. The monoisotopic (exact) mass is 435 g/mol. The van der Waals surface area contributed by atoms with Gasteiger partial charge in [-0.2, -0.15) is 12.8 Å². The van der Waals surface area contributed by atoms with E-state index in [1.807, 2.05) is 0 Å². The minimum absolute atomic E-state index is 0. The number of amides is 2. The summed E-state index contributed by atoms with van der Waals surface area (Å²) in [7, 11) is 0. The molecule has 0 atom stereocenters. The summed E-state index contributed by atoms with van der Waals surface area (Å²) in [4.78, 5) is 18.6. The quantitative estimate of drug-likeness (QED) is 0.260. The molecule has 0 aromatic carbocycles. The largest absolute Gasteiger partial charge is 0.527 e. The summed E-state index contributed by atoms with van der Waals surface area (Å²) in [5, 5.41) is 4.55. The molecule has 0 heterocycles. The topological polar surface area (TPSA) is 58.2 Å². The molecule has 0 aliphatic rings. The second-order valence-electron chi connectivity index (χ2n) is 1.54. The van der Waals surface area contributed by atoms with Crippen LogP contribution in [-0.4, -0.2) is 25.9 Å². The van der Waals surface area contributed by atoms with Crippen molar-refractivity contribution < 1.29 is 9.59 Å². The van der Waals surface area contributed by atoms with Crippen LogP contribution in [0.4, 0.5) is 0 Å². The minimum atomic E-state index is 0. The molecule has 2 amide bonds. The average Bonchev–Trinajstić information content (AvgIpc) is 2.12. The van der Waals surface area contributed by atoms with Crippen LogP contribution in [0.25, 0.3) is 0 Å². The predicted molar refractivity (Wildman–Crippen MR) is 47.8 cm³/mol. The fourth-order valence-corrected chi connectivity index (χ4v) is 0.228. The normalized spacial score (nSPS) is 6.15. The van der Waals surface area contributed by atoms with E-state index in [4.69, 9.17) is 0 Å². The number of nitrogens with one attached hydrogen (secondary N) is 2. The molecule has 13 heavy (non-hydrogen) atoms. The van der Waals surface area contributed by atoms with Gasteiger partial charge in [0.05, 0.1) is 0 Å². The number of rotatable bonds is 6. The summed E-state index contributed by atoms with van der Waals surface area (Å²) >= 11 is 0. The summed E-state index contributed by atoms with van der Waals surface area (Å²) in [5.41, 5.74) is 0. The SMILES string of the molecule is C=CCN[C-]=O.C=CCN[C-]=O.[Rf]. The first-order valence-corrected chi connectivity index (χ1v) is 3.25. The van der Waals surface area contributed by atoms with E-state index in [0.717, 1.165) is 0 Å². The Kier molecular flexibility index (Phi) is 29.4. The van der Waals surface area contributed by atoms with E-state index in [2.05, 4.69) is 23.8 Å². The van der Waals surface area contributed by atoms with E-state index < -0.39 is 0 Å². The van der Waals surface area contributed by atoms with Crippen LogP contribution in [0, 0.1) is 0 Å². The fraction of sp³-hybridized carbons (Fsp3) is 0.250. The van der Waals surface area contributed by atoms with Crippen LogP contribution in [0.3, 0.4) is 0 Å². The average molecular weight is 435 g/mol.